The highest BCUT2D eigenvalue weighted by atomic mass is 28.3. The van der Waals surface area contributed by atoms with Crippen molar-refractivity contribution >= 4 is 70.2 Å². The molecule has 2 aliphatic heterocycles. The van der Waals surface area contributed by atoms with E-state index in [1.54, 1.807) is 11.1 Å². The second-order valence-corrected chi connectivity index (χ2v) is 37.2. The molecule has 402 valence electrons. The molecule has 0 saturated carbocycles. The monoisotopic (exact) mass is 1040 g/mol. The summed E-state index contributed by atoms with van der Waals surface area (Å²) < 4.78 is 7.92. The first-order valence-electron chi connectivity index (χ1n) is 30.1. The van der Waals surface area contributed by atoms with Crippen LogP contribution in [0.3, 0.4) is 0 Å². The van der Waals surface area contributed by atoms with E-state index in [4.69, 9.17) is 4.42 Å². The zero-order valence-corrected chi connectivity index (χ0v) is 52.3. The fraction of sp³-hybridized carbons (Fsp3) is 0.507. The van der Waals surface area contributed by atoms with Gasteiger partial charge < -0.3 is 9.32 Å². The zero-order chi connectivity index (χ0) is 55.3. The molecule has 5 aromatic carbocycles. The van der Waals surface area contributed by atoms with E-state index in [0.717, 1.165) is 36.9 Å². The molecule has 1 aromatic heterocycles. The van der Waals surface area contributed by atoms with Gasteiger partial charge in [0.15, 0.2) is 0 Å². The third-order valence-electron chi connectivity index (χ3n) is 21.4. The van der Waals surface area contributed by atoms with Crippen LogP contribution in [0.5, 0.6) is 0 Å². The van der Waals surface area contributed by atoms with E-state index in [-0.39, 0.29) is 50.0 Å². The number of hydrogen-bond acceptors (Lipinski definition) is 2. The number of fused-ring (bicyclic) bond motifs is 9. The van der Waals surface area contributed by atoms with Gasteiger partial charge in [-0.2, -0.15) is 0 Å². The minimum absolute atomic E-state index is 0.0204. The number of benzene rings is 5. The lowest BCUT2D eigenvalue weighted by Crippen LogP contribution is -2.65. The lowest BCUT2D eigenvalue weighted by atomic mass is 9.31. The average molecular weight is 1040 g/mol. The van der Waals surface area contributed by atoms with Gasteiger partial charge in [0.1, 0.15) is 5.58 Å². The second kappa shape index (κ2) is 16.6. The van der Waals surface area contributed by atoms with Crippen LogP contribution in [0.25, 0.3) is 16.5 Å². The van der Waals surface area contributed by atoms with Gasteiger partial charge in [0.25, 0.3) is 6.71 Å². The minimum Gasteiger partial charge on any atom is -0.468 e. The summed E-state index contributed by atoms with van der Waals surface area (Å²) in [5.41, 5.74) is 26.6. The lowest BCUT2D eigenvalue weighted by molar-refractivity contribution is 0.331. The van der Waals surface area contributed by atoms with E-state index >= 15 is 0 Å². The topological polar surface area (TPSA) is 16.4 Å². The molecule has 0 bridgehead atoms. The largest absolute Gasteiger partial charge is 0.468 e. The SMILES string of the molecule is CC1C=CC=C(c2cc(C(C)(C)C)ccc2N2c3cc([Si](C)(C)C)cc4c3B(c3cc5c(cc3C4(C)Cc3ccc4c(c3)C(C)(C)CCC4(C)C)C(C)(C)CCC5(C)C)c3oc4cc5c(cc4c32)C(C)(C)CCC5(C)C)C1. The Morgan fingerprint density at radius 2 is 1.14 bits per heavy atom. The summed E-state index contributed by atoms with van der Waals surface area (Å²) in [6, 6.07) is 31.4. The molecule has 0 radical (unpaired) electrons. The highest BCUT2D eigenvalue weighted by Gasteiger charge is 2.53. The Labute approximate surface area is 467 Å². The van der Waals surface area contributed by atoms with E-state index < -0.39 is 8.07 Å². The summed E-state index contributed by atoms with van der Waals surface area (Å²) in [6.07, 6.45) is 16.2. The van der Waals surface area contributed by atoms with Gasteiger partial charge in [-0.25, -0.2) is 0 Å². The van der Waals surface area contributed by atoms with Crippen LogP contribution in [-0.2, 0) is 49.7 Å². The molecule has 2 unspecified atom stereocenters. The first-order chi connectivity index (χ1) is 35.6. The van der Waals surface area contributed by atoms with Crippen LogP contribution in [0, 0.1) is 5.92 Å². The van der Waals surface area contributed by atoms with Crippen LogP contribution in [-0.4, -0.2) is 14.8 Å². The summed E-state index contributed by atoms with van der Waals surface area (Å²) in [7, 11) is -1.98. The van der Waals surface area contributed by atoms with Gasteiger partial charge in [0.2, 0.25) is 0 Å². The molecule has 2 atom stereocenters. The van der Waals surface area contributed by atoms with Crippen molar-refractivity contribution in [3.63, 3.8) is 0 Å². The van der Waals surface area contributed by atoms with E-state index in [0.29, 0.717) is 5.92 Å². The third-order valence-corrected chi connectivity index (χ3v) is 23.4. The van der Waals surface area contributed by atoms with E-state index in [9.17, 15) is 0 Å². The molecule has 0 spiro atoms. The van der Waals surface area contributed by atoms with Crippen LogP contribution in [0.1, 0.15) is 224 Å². The molecule has 77 heavy (non-hydrogen) atoms. The Kier molecular flexibility index (Phi) is 11.4. The lowest BCUT2D eigenvalue weighted by Gasteiger charge is -2.49. The third kappa shape index (κ3) is 8.10. The van der Waals surface area contributed by atoms with Gasteiger partial charge in [0.05, 0.1) is 25.1 Å². The molecule has 0 saturated heterocycles. The standard InChI is InChI=1S/C73H92BNOSi/c1-44-22-21-23-46(34-44)49-36-47(66(2,3)4)25-27-60(49)75-61-38-48(77(18,19)20)37-58-63(61)74(65-64(75)50-39-53-56(42-62(50)76-65)72(15,16)33-30-69(53,9)10)59-41-55-54(70(11,12)31-32-71(55,13)14)40-57(59)73(58,17)43-45-24-26-51-52(35-45)68(7,8)29-28-67(51,5)6/h21-27,35-42,44H,28-34,43H2,1-20H3. The van der Waals surface area contributed by atoms with Crippen molar-refractivity contribution in [2.24, 2.45) is 5.92 Å². The Morgan fingerprint density at radius 1 is 0.584 bits per heavy atom. The molecule has 2 nitrogen and oxygen atoms in total. The van der Waals surface area contributed by atoms with Crippen LogP contribution >= 0.6 is 0 Å². The average Bonchev–Trinajstić information content (AvgIpc) is 3.78. The number of furan rings is 1. The zero-order valence-electron chi connectivity index (χ0n) is 51.3. The number of anilines is 3. The molecule has 0 fully saturated rings. The Hall–Kier alpha value is -4.80. The predicted octanol–water partition coefficient (Wildman–Crippen LogP) is 17.5. The van der Waals surface area contributed by atoms with Gasteiger partial charge in [-0.1, -0.05) is 209 Å². The quantitative estimate of drug-likeness (QED) is 0.160. The van der Waals surface area contributed by atoms with E-state index in [1.165, 1.54) is 120 Å². The minimum atomic E-state index is -1.98. The fourth-order valence-corrected chi connectivity index (χ4v) is 16.9. The Balaban J connectivity index is 1.24. The number of rotatable bonds is 5. The molecule has 4 aliphatic carbocycles. The van der Waals surface area contributed by atoms with Crippen molar-refractivity contribution in [1.29, 1.82) is 0 Å². The van der Waals surface area contributed by atoms with Gasteiger partial charge in [-0.15, -0.1) is 0 Å². The van der Waals surface area contributed by atoms with E-state index in [2.05, 4.69) is 233 Å². The Bertz CT molecular complexity index is 3550. The maximum atomic E-state index is 7.92. The molecule has 0 N–H and O–H groups in total. The number of allylic oxidation sites excluding steroid dienone is 4. The van der Waals surface area contributed by atoms with Gasteiger partial charge in [-0.05, 0) is 192 Å². The van der Waals surface area contributed by atoms with Crippen molar-refractivity contribution in [1.82, 2.24) is 0 Å². The summed E-state index contributed by atoms with van der Waals surface area (Å²) >= 11 is 0. The summed E-state index contributed by atoms with van der Waals surface area (Å²) in [5, 5.41) is 2.77. The smallest absolute Gasteiger partial charge is 0.293 e. The number of nitrogens with zero attached hydrogens (tertiary/aromatic N) is 1. The Morgan fingerprint density at radius 3 is 1.73 bits per heavy atom. The number of hydrogen-bond donors (Lipinski definition) is 0. The van der Waals surface area contributed by atoms with E-state index in [1.807, 2.05) is 0 Å². The first kappa shape index (κ1) is 52.9. The highest BCUT2D eigenvalue weighted by molar-refractivity contribution is 6.99. The molecule has 6 aliphatic rings. The van der Waals surface area contributed by atoms with Crippen molar-refractivity contribution in [3.05, 3.63) is 152 Å². The summed E-state index contributed by atoms with van der Waals surface area (Å²) in [6.45, 7) is 49.8. The fourth-order valence-electron chi connectivity index (χ4n) is 15.7. The first-order valence-corrected chi connectivity index (χ1v) is 33.6. The van der Waals surface area contributed by atoms with Crippen LogP contribution in [0.15, 0.2) is 95.4 Å². The normalized spacial score (nSPS) is 23.8. The molecular weight excluding hydrogens is 946 g/mol. The molecule has 12 rings (SSSR count). The van der Waals surface area contributed by atoms with Crippen LogP contribution < -0.4 is 26.7 Å². The molecule has 3 heterocycles. The highest BCUT2D eigenvalue weighted by Crippen LogP contribution is 2.55. The molecule has 0 amide bonds. The van der Waals surface area contributed by atoms with Gasteiger partial charge in [-0.3, -0.25) is 0 Å². The maximum Gasteiger partial charge on any atom is 0.293 e. The van der Waals surface area contributed by atoms with Crippen molar-refractivity contribution in [2.45, 2.75) is 232 Å². The van der Waals surface area contributed by atoms with Crippen molar-refractivity contribution < 1.29 is 4.42 Å². The predicted molar refractivity (Wildman–Crippen MR) is 337 cm³/mol. The second-order valence-electron chi connectivity index (χ2n) is 32.1. The van der Waals surface area contributed by atoms with Crippen molar-refractivity contribution in [2.75, 3.05) is 4.90 Å². The summed E-state index contributed by atoms with van der Waals surface area (Å²) in [4.78, 5) is 2.78. The van der Waals surface area contributed by atoms with Crippen LogP contribution in [0.2, 0.25) is 19.6 Å². The molecule has 6 aromatic rings. The maximum absolute atomic E-state index is 7.92. The van der Waals surface area contributed by atoms with Crippen molar-refractivity contribution in [3.8, 4) is 0 Å². The summed E-state index contributed by atoms with van der Waals surface area (Å²) in [5.74, 6) is 0.454. The molecule has 4 heteroatoms. The van der Waals surface area contributed by atoms with Gasteiger partial charge >= 0.3 is 0 Å². The van der Waals surface area contributed by atoms with Gasteiger partial charge in [0, 0.05) is 22.1 Å². The molecular formula is C73H92BNOSi. The van der Waals surface area contributed by atoms with Crippen LogP contribution in [0.4, 0.5) is 17.1 Å².